The largest absolute Gasteiger partial charge is 0.338 e. The van der Waals surface area contributed by atoms with Gasteiger partial charge in [-0.2, -0.15) is 5.10 Å². The van der Waals surface area contributed by atoms with E-state index in [-0.39, 0.29) is 30.0 Å². The summed E-state index contributed by atoms with van der Waals surface area (Å²) in [4.78, 5) is 40.8. The van der Waals surface area contributed by atoms with Crippen LogP contribution in [0.2, 0.25) is 0 Å². The number of aromatic nitrogens is 2. The Kier molecular flexibility index (Phi) is 5.24. The van der Waals surface area contributed by atoms with Crippen LogP contribution in [0.25, 0.3) is 0 Å². The number of amides is 3. The van der Waals surface area contributed by atoms with E-state index in [0.717, 1.165) is 4.90 Å². The SMILES string of the molecule is CC(C)(C)CN1CCc2nn(C/C(=C/F)CN3C(=O)c4ccccc4C3=O)cc2C1=O. The number of hydrogen-bond donors (Lipinski definition) is 0. The lowest BCUT2D eigenvalue weighted by molar-refractivity contribution is 0.0661. The van der Waals surface area contributed by atoms with Crippen LogP contribution < -0.4 is 0 Å². The van der Waals surface area contributed by atoms with Gasteiger partial charge in [0.25, 0.3) is 17.7 Å². The van der Waals surface area contributed by atoms with E-state index in [4.69, 9.17) is 0 Å². The summed E-state index contributed by atoms with van der Waals surface area (Å²) in [6.45, 7) is 7.36. The summed E-state index contributed by atoms with van der Waals surface area (Å²) in [6, 6.07) is 6.55. The van der Waals surface area contributed by atoms with Crippen molar-refractivity contribution < 1.29 is 18.8 Å². The normalized spacial score (nSPS) is 16.8. The number of hydrogen-bond acceptors (Lipinski definition) is 4. The summed E-state index contributed by atoms with van der Waals surface area (Å²) >= 11 is 0. The molecular weight excluding hydrogens is 399 g/mol. The number of benzene rings is 1. The smallest absolute Gasteiger partial charge is 0.261 e. The molecule has 0 N–H and O–H groups in total. The van der Waals surface area contributed by atoms with Crippen LogP contribution in [0.4, 0.5) is 4.39 Å². The zero-order valence-electron chi connectivity index (χ0n) is 17.9. The van der Waals surface area contributed by atoms with Gasteiger partial charge in [0.15, 0.2) is 0 Å². The molecule has 2 aliphatic rings. The van der Waals surface area contributed by atoms with E-state index in [0.29, 0.717) is 48.2 Å². The number of imide groups is 1. The van der Waals surface area contributed by atoms with Crippen molar-refractivity contribution in [1.82, 2.24) is 19.6 Å². The fraction of sp³-hybridized carbons (Fsp3) is 0.391. The summed E-state index contributed by atoms with van der Waals surface area (Å²) in [5.74, 6) is -0.950. The van der Waals surface area contributed by atoms with Gasteiger partial charge in [0.05, 0.1) is 41.8 Å². The van der Waals surface area contributed by atoms with Gasteiger partial charge in [-0.15, -0.1) is 0 Å². The van der Waals surface area contributed by atoms with Crippen LogP contribution in [-0.4, -0.2) is 56.9 Å². The molecule has 1 aromatic heterocycles. The van der Waals surface area contributed by atoms with E-state index in [1.807, 2.05) is 4.90 Å². The lowest BCUT2D eigenvalue weighted by Crippen LogP contribution is -2.42. The van der Waals surface area contributed by atoms with Gasteiger partial charge in [0.2, 0.25) is 0 Å². The van der Waals surface area contributed by atoms with Crippen LogP contribution in [0.3, 0.4) is 0 Å². The lowest BCUT2D eigenvalue weighted by atomic mass is 9.94. The molecule has 0 fully saturated rings. The van der Waals surface area contributed by atoms with E-state index in [1.54, 1.807) is 30.5 Å². The molecule has 0 atom stereocenters. The van der Waals surface area contributed by atoms with Gasteiger partial charge >= 0.3 is 0 Å². The van der Waals surface area contributed by atoms with Gasteiger partial charge in [-0.3, -0.25) is 24.0 Å². The van der Waals surface area contributed by atoms with Crippen molar-refractivity contribution in [1.29, 1.82) is 0 Å². The molecule has 162 valence electrons. The third-order valence-corrected chi connectivity index (χ3v) is 5.40. The standard InChI is InChI=1S/C23H25FN4O3/c1-23(2,3)14-26-9-8-19-18(20(26)29)13-27(25-19)11-15(10-24)12-28-21(30)16-6-4-5-7-17(16)22(28)31/h4-7,10,13H,8-9,11-12,14H2,1-3H3/b15-10-. The zero-order valence-corrected chi connectivity index (χ0v) is 17.9. The Hall–Kier alpha value is -3.29. The molecule has 0 aliphatic carbocycles. The Labute approximate surface area is 180 Å². The van der Waals surface area contributed by atoms with Gasteiger partial charge in [-0.1, -0.05) is 32.9 Å². The third-order valence-electron chi connectivity index (χ3n) is 5.40. The first-order valence-corrected chi connectivity index (χ1v) is 10.3. The molecule has 0 bridgehead atoms. The predicted molar refractivity (Wildman–Crippen MR) is 112 cm³/mol. The first kappa shape index (κ1) is 21.0. The van der Waals surface area contributed by atoms with E-state index in [9.17, 15) is 18.8 Å². The minimum atomic E-state index is -0.437. The second kappa shape index (κ2) is 7.76. The number of rotatable bonds is 5. The minimum absolute atomic E-state index is 0.0142. The molecular formula is C23H25FN4O3. The molecule has 1 aromatic carbocycles. The highest BCUT2D eigenvalue weighted by Crippen LogP contribution is 2.25. The van der Waals surface area contributed by atoms with Crippen molar-refractivity contribution in [3.05, 3.63) is 64.7 Å². The van der Waals surface area contributed by atoms with Crippen molar-refractivity contribution in [2.24, 2.45) is 5.41 Å². The monoisotopic (exact) mass is 424 g/mol. The van der Waals surface area contributed by atoms with Crippen LogP contribution in [-0.2, 0) is 13.0 Å². The Bertz CT molecular complexity index is 1060. The van der Waals surface area contributed by atoms with Crippen molar-refractivity contribution in [3.8, 4) is 0 Å². The van der Waals surface area contributed by atoms with Crippen LogP contribution in [0.1, 0.15) is 57.5 Å². The summed E-state index contributed by atoms with van der Waals surface area (Å²) in [7, 11) is 0. The number of carbonyl (C=O) groups excluding carboxylic acids is 3. The highest BCUT2D eigenvalue weighted by molar-refractivity contribution is 6.21. The molecule has 31 heavy (non-hydrogen) atoms. The zero-order chi connectivity index (χ0) is 22.3. The molecule has 8 heteroatoms. The maximum atomic E-state index is 13.7. The average Bonchev–Trinajstić information content (AvgIpc) is 3.24. The van der Waals surface area contributed by atoms with Gasteiger partial charge in [-0.05, 0) is 23.1 Å². The van der Waals surface area contributed by atoms with Crippen LogP contribution in [0.5, 0.6) is 0 Å². The van der Waals surface area contributed by atoms with Crippen LogP contribution in [0, 0.1) is 5.41 Å². The fourth-order valence-corrected chi connectivity index (χ4v) is 4.05. The van der Waals surface area contributed by atoms with Crippen LogP contribution >= 0.6 is 0 Å². The molecule has 3 heterocycles. The van der Waals surface area contributed by atoms with Crippen molar-refractivity contribution in [3.63, 3.8) is 0 Å². The number of fused-ring (bicyclic) bond motifs is 2. The Morgan fingerprint density at radius 1 is 1.03 bits per heavy atom. The number of nitrogens with zero attached hydrogens (tertiary/aromatic N) is 4. The molecule has 0 spiro atoms. The molecule has 0 saturated carbocycles. The van der Waals surface area contributed by atoms with Gasteiger partial charge in [0.1, 0.15) is 0 Å². The summed E-state index contributed by atoms with van der Waals surface area (Å²) in [5.41, 5.74) is 2.06. The molecule has 2 aliphatic heterocycles. The van der Waals surface area contributed by atoms with Gasteiger partial charge < -0.3 is 4.90 Å². The fourth-order valence-electron chi connectivity index (χ4n) is 4.05. The van der Waals surface area contributed by atoms with Crippen molar-refractivity contribution in [2.75, 3.05) is 19.6 Å². The van der Waals surface area contributed by atoms with E-state index in [1.165, 1.54) is 4.68 Å². The number of halogens is 1. The van der Waals surface area contributed by atoms with E-state index >= 15 is 0 Å². The van der Waals surface area contributed by atoms with Crippen molar-refractivity contribution >= 4 is 17.7 Å². The Morgan fingerprint density at radius 3 is 2.26 bits per heavy atom. The Balaban J connectivity index is 1.48. The molecule has 7 nitrogen and oxygen atoms in total. The lowest BCUT2D eigenvalue weighted by Gasteiger charge is -2.32. The van der Waals surface area contributed by atoms with Crippen molar-refractivity contribution in [2.45, 2.75) is 33.7 Å². The number of carbonyl (C=O) groups is 3. The molecule has 0 unspecified atom stereocenters. The highest BCUT2D eigenvalue weighted by atomic mass is 19.1. The Morgan fingerprint density at radius 2 is 1.68 bits per heavy atom. The summed E-state index contributed by atoms with van der Waals surface area (Å²) in [6.07, 6.45) is 2.66. The maximum absolute atomic E-state index is 13.7. The maximum Gasteiger partial charge on any atom is 0.261 e. The quantitative estimate of drug-likeness (QED) is 0.692. The summed E-state index contributed by atoms with van der Waals surface area (Å²) in [5, 5.41) is 4.45. The third kappa shape index (κ3) is 4.02. The molecule has 0 saturated heterocycles. The van der Waals surface area contributed by atoms with E-state index in [2.05, 4.69) is 25.9 Å². The molecule has 2 aromatic rings. The second-order valence-corrected chi connectivity index (χ2v) is 9.23. The van der Waals surface area contributed by atoms with Crippen LogP contribution in [0.15, 0.2) is 42.4 Å². The molecule has 4 rings (SSSR count). The second-order valence-electron chi connectivity index (χ2n) is 9.23. The van der Waals surface area contributed by atoms with E-state index < -0.39 is 11.8 Å². The highest BCUT2D eigenvalue weighted by Gasteiger charge is 2.36. The topological polar surface area (TPSA) is 75.5 Å². The van der Waals surface area contributed by atoms with Gasteiger partial charge in [0, 0.05) is 25.7 Å². The minimum Gasteiger partial charge on any atom is -0.338 e. The summed E-state index contributed by atoms with van der Waals surface area (Å²) < 4.78 is 15.2. The first-order valence-electron chi connectivity index (χ1n) is 10.3. The predicted octanol–water partition coefficient (Wildman–Crippen LogP) is 3.08. The average molecular weight is 424 g/mol. The molecule has 0 radical (unpaired) electrons. The van der Waals surface area contributed by atoms with Gasteiger partial charge in [-0.25, -0.2) is 4.39 Å². The molecule has 3 amide bonds. The first-order chi connectivity index (χ1) is 14.7.